The van der Waals surface area contributed by atoms with Crippen LogP contribution in [0.3, 0.4) is 0 Å². The number of para-hydroxylation sites is 1. The molecule has 3 aromatic rings. The van der Waals surface area contributed by atoms with Gasteiger partial charge in [-0.3, -0.25) is 9.59 Å². The van der Waals surface area contributed by atoms with Gasteiger partial charge in [-0.2, -0.15) is 0 Å². The predicted octanol–water partition coefficient (Wildman–Crippen LogP) is 3.92. The van der Waals surface area contributed by atoms with Crippen molar-refractivity contribution in [1.29, 1.82) is 0 Å². The smallest absolute Gasteiger partial charge is 0.260 e. The Labute approximate surface area is 182 Å². The number of rotatable bonds is 8. The van der Waals surface area contributed by atoms with E-state index in [1.807, 2.05) is 30.3 Å². The van der Waals surface area contributed by atoms with Crippen molar-refractivity contribution in [3.63, 3.8) is 0 Å². The molecule has 0 aliphatic heterocycles. The fourth-order valence-corrected chi connectivity index (χ4v) is 4.61. The molecule has 0 aliphatic carbocycles. The maximum absolute atomic E-state index is 13.0. The number of hydrogen-bond donors (Lipinski definition) is 2. The quantitative estimate of drug-likeness (QED) is 0.513. The first-order chi connectivity index (χ1) is 14.6. The lowest BCUT2D eigenvalue weighted by Crippen LogP contribution is -2.19. The van der Waals surface area contributed by atoms with E-state index in [2.05, 4.69) is 15.6 Å². The molecule has 1 heterocycles. The second kappa shape index (κ2) is 10.1. The summed E-state index contributed by atoms with van der Waals surface area (Å²) >= 11 is 2.64. The van der Waals surface area contributed by atoms with Gasteiger partial charge in [-0.1, -0.05) is 59.5 Å². The third-order valence-electron chi connectivity index (χ3n) is 4.13. The zero-order chi connectivity index (χ0) is 21.5. The van der Waals surface area contributed by atoms with Crippen molar-refractivity contribution in [3.05, 3.63) is 54.1 Å². The molecule has 0 bridgehead atoms. The number of carbonyl (C=O) groups is 2. The molecule has 30 heavy (non-hydrogen) atoms. The molecule has 156 valence electrons. The van der Waals surface area contributed by atoms with Gasteiger partial charge in [0.15, 0.2) is 15.8 Å². The van der Waals surface area contributed by atoms with Gasteiger partial charge in [0.2, 0.25) is 5.91 Å². The van der Waals surface area contributed by atoms with Crippen molar-refractivity contribution in [1.82, 2.24) is 10.3 Å². The SMILES string of the molecule is CNC(=O)CSc1nc(-c2ccccc2)c(NC(=O)c2cccc(OC)c2OC)s1. The van der Waals surface area contributed by atoms with Crippen molar-refractivity contribution < 1.29 is 19.1 Å². The van der Waals surface area contributed by atoms with Crippen molar-refractivity contribution in [3.8, 4) is 22.8 Å². The molecule has 9 heteroatoms. The molecule has 0 fully saturated rings. The molecular weight excluding hydrogens is 422 g/mol. The zero-order valence-corrected chi connectivity index (χ0v) is 18.4. The van der Waals surface area contributed by atoms with Gasteiger partial charge >= 0.3 is 0 Å². The molecule has 2 N–H and O–H groups in total. The lowest BCUT2D eigenvalue weighted by atomic mass is 10.1. The maximum atomic E-state index is 13.0. The first-order valence-corrected chi connectivity index (χ1v) is 10.8. The molecule has 0 unspecified atom stereocenters. The number of carbonyl (C=O) groups excluding carboxylic acids is 2. The highest BCUT2D eigenvalue weighted by molar-refractivity contribution is 8.01. The molecule has 2 aromatic carbocycles. The van der Waals surface area contributed by atoms with Crippen LogP contribution in [0.4, 0.5) is 5.00 Å². The summed E-state index contributed by atoms with van der Waals surface area (Å²) in [4.78, 5) is 29.3. The van der Waals surface area contributed by atoms with Crippen LogP contribution in [0.2, 0.25) is 0 Å². The van der Waals surface area contributed by atoms with Gasteiger partial charge in [0.1, 0.15) is 10.7 Å². The number of thiazole rings is 1. The van der Waals surface area contributed by atoms with Crippen molar-refractivity contribution in [2.24, 2.45) is 0 Å². The molecule has 0 saturated heterocycles. The van der Waals surface area contributed by atoms with Crippen LogP contribution < -0.4 is 20.1 Å². The van der Waals surface area contributed by atoms with Crippen LogP contribution in [0.1, 0.15) is 10.4 Å². The molecule has 3 rings (SSSR count). The van der Waals surface area contributed by atoms with E-state index in [9.17, 15) is 9.59 Å². The third kappa shape index (κ3) is 4.92. The maximum Gasteiger partial charge on any atom is 0.260 e. The number of amides is 2. The average molecular weight is 444 g/mol. The van der Waals surface area contributed by atoms with Gasteiger partial charge in [-0.05, 0) is 12.1 Å². The van der Waals surface area contributed by atoms with Crippen molar-refractivity contribution in [2.75, 3.05) is 32.3 Å². The van der Waals surface area contributed by atoms with Crippen LogP contribution in [0.5, 0.6) is 11.5 Å². The second-order valence-electron chi connectivity index (χ2n) is 5.98. The minimum atomic E-state index is -0.338. The Bertz CT molecular complexity index is 1040. The van der Waals surface area contributed by atoms with Gasteiger partial charge in [-0.15, -0.1) is 0 Å². The fraction of sp³-hybridized carbons (Fsp3) is 0.190. The van der Waals surface area contributed by atoms with E-state index in [4.69, 9.17) is 9.47 Å². The second-order valence-corrected chi connectivity index (χ2v) is 8.20. The Morgan fingerprint density at radius 3 is 2.50 bits per heavy atom. The van der Waals surface area contributed by atoms with E-state index in [0.717, 1.165) is 5.56 Å². The van der Waals surface area contributed by atoms with Gasteiger partial charge in [0, 0.05) is 12.6 Å². The van der Waals surface area contributed by atoms with Crippen LogP contribution >= 0.6 is 23.1 Å². The van der Waals surface area contributed by atoms with Crippen LogP contribution in [0.15, 0.2) is 52.9 Å². The highest BCUT2D eigenvalue weighted by Gasteiger charge is 2.21. The molecule has 0 saturated carbocycles. The van der Waals surface area contributed by atoms with Gasteiger partial charge in [0.25, 0.3) is 5.91 Å². The Morgan fingerprint density at radius 2 is 1.83 bits per heavy atom. The fourth-order valence-electron chi connectivity index (χ4n) is 2.67. The normalized spacial score (nSPS) is 10.4. The van der Waals surface area contributed by atoms with Gasteiger partial charge < -0.3 is 20.1 Å². The average Bonchev–Trinajstić information content (AvgIpc) is 3.19. The van der Waals surface area contributed by atoms with E-state index in [1.165, 1.54) is 37.3 Å². The Kier molecular flexibility index (Phi) is 7.31. The summed E-state index contributed by atoms with van der Waals surface area (Å²) in [5.41, 5.74) is 1.87. The number of aromatic nitrogens is 1. The molecule has 1 aromatic heterocycles. The first kappa shape index (κ1) is 21.7. The third-order valence-corrected chi connectivity index (χ3v) is 6.25. The predicted molar refractivity (Wildman–Crippen MR) is 120 cm³/mol. The zero-order valence-electron chi connectivity index (χ0n) is 16.7. The van der Waals surface area contributed by atoms with Crippen LogP contribution in [-0.4, -0.2) is 43.8 Å². The number of methoxy groups -OCH3 is 2. The summed E-state index contributed by atoms with van der Waals surface area (Å²) in [5.74, 6) is 0.643. The highest BCUT2D eigenvalue weighted by atomic mass is 32.2. The lowest BCUT2D eigenvalue weighted by Gasteiger charge is -2.12. The highest BCUT2D eigenvalue weighted by Crippen LogP contribution is 2.38. The minimum absolute atomic E-state index is 0.0943. The van der Waals surface area contributed by atoms with Crippen molar-refractivity contribution in [2.45, 2.75) is 4.34 Å². The number of nitrogens with zero attached hydrogens (tertiary/aromatic N) is 1. The first-order valence-electron chi connectivity index (χ1n) is 8.99. The Balaban J connectivity index is 1.93. The molecule has 2 amide bonds. The summed E-state index contributed by atoms with van der Waals surface area (Å²) in [7, 11) is 4.60. The van der Waals surface area contributed by atoms with E-state index in [1.54, 1.807) is 25.2 Å². The number of anilines is 1. The van der Waals surface area contributed by atoms with E-state index >= 15 is 0 Å². The standard InChI is InChI=1S/C21H21N3O4S2/c1-22-16(25)12-29-21-23-17(13-8-5-4-6-9-13)20(30-21)24-19(26)14-10-7-11-15(27-2)18(14)28-3/h4-11H,12H2,1-3H3,(H,22,25)(H,24,26). The van der Waals surface area contributed by atoms with E-state index < -0.39 is 0 Å². The van der Waals surface area contributed by atoms with Crippen molar-refractivity contribution >= 4 is 39.9 Å². The summed E-state index contributed by atoms with van der Waals surface area (Å²) < 4.78 is 11.3. The Hall–Kier alpha value is -3.04. The molecule has 0 atom stereocenters. The topological polar surface area (TPSA) is 89.6 Å². The van der Waals surface area contributed by atoms with Gasteiger partial charge in [0.05, 0.1) is 25.5 Å². The van der Waals surface area contributed by atoms with Crippen LogP contribution in [-0.2, 0) is 4.79 Å². The molecular formula is C21H21N3O4S2. The van der Waals surface area contributed by atoms with E-state index in [0.29, 0.717) is 32.1 Å². The monoisotopic (exact) mass is 443 g/mol. The Morgan fingerprint density at radius 1 is 1.07 bits per heavy atom. The largest absolute Gasteiger partial charge is 0.493 e. The number of benzene rings is 2. The van der Waals surface area contributed by atoms with E-state index in [-0.39, 0.29) is 17.6 Å². The number of hydrogen-bond acceptors (Lipinski definition) is 7. The van der Waals surface area contributed by atoms with Crippen LogP contribution in [0, 0.1) is 0 Å². The summed E-state index contributed by atoms with van der Waals surface area (Å²) in [6.45, 7) is 0. The summed E-state index contributed by atoms with van der Waals surface area (Å²) in [5, 5.41) is 6.12. The minimum Gasteiger partial charge on any atom is -0.493 e. The van der Waals surface area contributed by atoms with Gasteiger partial charge in [-0.25, -0.2) is 4.98 Å². The molecule has 0 radical (unpaired) electrons. The molecule has 7 nitrogen and oxygen atoms in total. The molecule has 0 spiro atoms. The van der Waals surface area contributed by atoms with Crippen LogP contribution in [0.25, 0.3) is 11.3 Å². The summed E-state index contributed by atoms with van der Waals surface area (Å²) in [6.07, 6.45) is 0. The number of nitrogens with one attached hydrogen (secondary N) is 2. The number of thioether (sulfide) groups is 1. The number of ether oxygens (including phenoxy) is 2. The summed E-state index contributed by atoms with van der Waals surface area (Å²) in [6, 6.07) is 14.7. The lowest BCUT2D eigenvalue weighted by molar-refractivity contribution is -0.118. The molecule has 0 aliphatic rings.